The number of aryl methyl sites for hydroxylation is 1. The molecule has 0 spiro atoms. The Hall–Kier alpha value is -3.62. The molecule has 0 N–H and O–H groups in total. The predicted octanol–water partition coefficient (Wildman–Crippen LogP) is 3.29. The van der Waals surface area contributed by atoms with E-state index in [0.29, 0.717) is 30.2 Å². The van der Waals surface area contributed by atoms with Crippen molar-refractivity contribution in [2.75, 3.05) is 43.1 Å². The Labute approximate surface area is 167 Å². The zero-order valence-corrected chi connectivity index (χ0v) is 16.2. The molecule has 0 atom stereocenters. The summed E-state index contributed by atoms with van der Waals surface area (Å²) in [4.78, 5) is 19.8. The number of anilines is 2. The molecule has 0 unspecified atom stereocenters. The maximum Gasteiger partial charge on any atom is 0.293 e. The first kappa shape index (κ1) is 18.7. The zero-order valence-electron chi connectivity index (χ0n) is 16.2. The largest absolute Gasteiger partial charge is 0.495 e. The fourth-order valence-corrected chi connectivity index (χ4v) is 3.56. The maximum absolute atomic E-state index is 11.7. The first-order chi connectivity index (χ1) is 14.1. The van der Waals surface area contributed by atoms with E-state index in [4.69, 9.17) is 9.26 Å². The topological polar surface area (TPSA) is 97.8 Å². The van der Waals surface area contributed by atoms with Crippen molar-refractivity contribution in [3.05, 3.63) is 58.4 Å². The Bertz CT molecular complexity index is 1030. The second-order valence-corrected chi connectivity index (χ2v) is 6.75. The third-order valence-electron chi connectivity index (χ3n) is 4.99. The fourth-order valence-electron chi connectivity index (χ4n) is 3.56. The lowest BCUT2D eigenvalue weighted by molar-refractivity contribution is -0.384. The maximum atomic E-state index is 11.7. The number of hydrogen-bond acceptors (Lipinski definition) is 8. The van der Waals surface area contributed by atoms with Crippen molar-refractivity contribution in [3.8, 4) is 17.2 Å². The van der Waals surface area contributed by atoms with Gasteiger partial charge < -0.3 is 19.1 Å². The molecule has 9 heteroatoms. The first-order valence-electron chi connectivity index (χ1n) is 9.29. The van der Waals surface area contributed by atoms with E-state index in [-0.39, 0.29) is 16.5 Å². The molecule has 0 bridgehead atoms. The molecule has 0 aliphatic carbocycles. The Morgan fingerprint density at radius 3 is 2.38 bits per heavy atom. The highest BCUT2D eigenvalue weighted by molar-refractivity contribution is 5.71. The molecule has 0 radical (unpaired) electrons. The summed E-state index contributed by atoms with van der Waals surface area (Å²) in [6.45, 7) is 4.51. The van der Waals surface area contributed by atoms with E-state index in [0.717, 1.165) is 24.5 Å². The van der Waals surface area contributed by atoms with Crippen molar-refractivity contribution in [2.45, 2.75) is 6.92 Å². The summed E-state index contributed by atoms with van der Waals surface area (Å²) >= 11 is 0. The molecule has 1 aliphatic rings. The van der Waals surface area contributed by atoms with Crippen LogP contribution in [0.25, 0.3) is 11.5 Å². The second kappa shape index (κ2) is 7.78. The summed E-state index contributed by atoms with van der Waals surface area (Å²) in [6.07, 6.45) is 0. The fraction of sp³-hybridized carbons (Fsp3) is 0.300. The minimum absolute atomic E-state index is 0.0316. The summed E-state index contributed by atoms with van der Waals surface area (Å²) in [7, 11) is 1.66. The van der Waals surface area contributed by atoms with Gasteiger partial charge in [0.25, 0.3) is 11.6 Å². The average molecular weight is 395 g/mol. The van der Waals surface area contributed by atoms with Crippen LogP contribution >= 0.6 is 0 Å². The Morgan fingerprint density at radius 2 is 1.76 bits per heavy atom. The lowest BCUT2D eigenvalue weighted by Crippen LogP contribution is -2.46. The molecule has 4 rings (SSSR count). The SMILES string of the molecule is COc1ccccc1N1CCN(c2ccc(-c3nc(C)no3)cc2[N+](=O)[O-])CC1. The number of aromatic nitrogens is 2. The summed E-state index contributed by atoms with van der Waals surface area (Å²) in [5.41, 5.74) is 2.19. The van der Waals surface area contributed by atoms with E-state index in [2.05, 4.69) is 15.0 Å². The molecule has 1 aliphatic heterocycles. The summed E-state index contributed by atoms with van der Waals surface area (Å²) in [5.74, 6) is 1.59. The van der Waals surface area contributed by atoms with Crippen LogP contribution in [0.1, 0.15) is 5.82 Å². The number of methoxy groups -OCH3 is 1. The second-order valence-electron chi connectivity index (χ2n) is 6.75. The van der Waals surface area contributed by atoms with Gasteiger partial charge in [0.2, 0.25) is 0 Å². The smallest absolute Gasteiger partial charge is 0.293 e. The number of hydrogen-bond donors (Lipinski definition) is 0. The molecular weight excluding hydrogens is 374 g/mol. The minimum Gasteiger partial charge on any atom is -0.495 e. The molecule has 29 heavy (non-hydrogen) atoms. The van der Waals surface area contributed by atoms with Crippen molar-refractivity contribution in [3.63, 3.8) is 0 Å². The molecule has 1 aromatic heterocycles. The predicted molar refractivity (Wildman–Crippen MR) is 109 cm³/mol. The number of para-hydroxylation sites is 2. The number of piperazine rings is 1. The van der Waals surface area contributed by atoms with E-state index in [1.54, 1.807) is 26.2 Å². The molecule has 0 amide bonds. The van der Waals surface area contributed by atoms with Gasteiger partial charge in [-0.05, 0) is 31.2 Å². The molecule has 1 saturated heterocycles. The van der Waals surface area contributed by atoms with Crippen LogP contribution in [0, 0.1) is 17.0 Å². The summed E-state index contributed by atoms with van der Waals surface area (Å²) in [5, 5.41) is 15.5. The van der Waals surface area contributed by atoms with Gasteiger partial charge in [-0.25, -0.2) is 0 Å². The Balaban J connectivity index is 1.55. The molecule has 2 aromatic carbocycles. The van der Waals surface area contributed by atoms with E-state index in [1.807, 2.05) is 29.2 Å². The number of nitro benzene ring substituents is 1. The Morgan fingerprint density at radius 1 is 1.07 bits per heavy atom. The van der Waals surface area contributed by atoms with Crippen LogP contribution in [0.4, 0.5) is 17.1 Å². The van der Waals surface area contributed by atoms with Gasteiger partial charge in [0.05, 0.1) is 17.7 Å². The van der Waals surface area contributed by atoms with Crippen LogP contribution in [0.3, 0.4) is 0 Å². The van der Waals surface area contributed by atoms with Crippen LogP contribution in [0.15, 0.2) is 47.0 Å². The van der Waals surface area contributed by atoms with Crippen molar-refractivity contribution in [1.29, 1.82) is 0 Å². The first-order valence-corrected chi connectivity index (χ1v) is 9.29. The quantitative estimate of drug-likeness (QED) is 0.479. The highest BCUT2D eigenvalue weighted by Gasteiger charge is 2.26. The highest BCUT2D eigenvalue weighted by atomic mass is 16.6. The number of rotatable bonds is 5. The van der Waals surface area contributed by atoms with Crippen molar-refractivity contribution >= 4 is 17.1 Å². The van der Waals surface area contributed by atoms with Gasteiger partial charge in [-0.3, -0.25) is 10.1 Å². The molecule has 9 nitrogen and oxygen atoms in total. The van der Waals surface area contributed by atoms with Gasteiger partial charge in [0.1, 0.15) is 11.4 Å². The van der Waals surface area contributed by atoms with Crippen LogP contribution in [-0.2, 0) is 0 Å². The molecule has 1 fully saturated rings. The normalized spacial score (nSPS) is 14.1. The Kier molecular flexibility index (Phi) is 5.03. The zero-order chi connectivity index (χ0) is 20.4. The molecule has 0 saturated carbocycles. The van der Waals surface area contributed by atoms with E-state index in [1.165, 1.54) is 6.07 Å². The molecule has 3 aromatic rings. The summed E-state index contributed by atoms with van der Waals surface area (Å²) < 4.78 is 10.6. The highest BCUT2D eigenvalue weighted by Crippen LogP contribution is 2.34. The average Bonchev–Trinajstić information content (AvgIpc) is 3.19. The standard InChI is InChI=1S/C20H21N5O4/c1-14-21-20(29-22-14)15-7-8-16(18(13-15)25(26)27)23-9-11-24(12-10-23)17-5-3-4-6-19(17)28-2/h3-8,13H,9-12H2,1-2H3. The van der Waals surface area contributed by atoms with Crippen molar-refractivity contribution in [2.24, 2.45) is 0 Å². The summed E-state index contributed by atoms with van der Waals surface area (Å²) in [6, 6.07) is 12.9. The number of nitrogens with zero attached hydrogens (tertiary/aromatic N) is 5. The van der Waals surface area contributed by atoms with Gasteiger partial charge in [0, 0.05) is 37.8 Å². The van der Waals surface area contributed by atoms with Crippen LogP contribution in [0.2, 0.25) is 0 Å². The van der Waals surface area contributed by atoms with E-state index < -0.39 is 0 Å². The van der Waals surface area contributed by atoms with Gasteiger partial charge in [-0.1, -0.05) is 17.3 Å². The van der Waals surface area contributed by atoms with E-state index >= 15 is 0 Å². The lowest BCUT2D eigenvalue weighted by Gasteiger charge is -2.37. The molecular formula is C20H21N5O4. The van der Waals surface area contributed by atoms with Gasteiger partial charge in [-0.15, -0.1) is 0 Å². The van der Waals surface area contributed by atoms with Crippen molar-refractivity contribution < 1.29 is 14.2 Å². The molecule has 2 heterocycles. The minimum atomic E-state index is -0.366. The van der Waals surface area contributed by atoms with Gasteiger partial charge in [0.15, 0.2) is 5.82 Å². The number of nitro groups is 1. The molecule has 150 valence electrons. The third kappa shape index (κ3) is 3.71. The number of benzene rings is 2. The van der Waals surface area contributed by atoms with Gasteiger partial charge >= 0.3 is 0 Å². The van der Waals surface area contributed by atoms with Gasteiger partial charge in [-0.2, -0.15) is 4.98 Å². The van der Waals surface area contributed by atoms with Crippen LogP contribution in [-0.4, -0.2) is 48.4 Å². The lowest BCUT2D eigenvalue weighted by atomic mass is 10.1. The number of ether oxygens (including phenoxy) is 1. The third-order valence-corrected chi connectivity index (χ3v) is 4.99. The monoisotopic (exact) mass is 395 g/mol. The van der Waals surface area contributed by atoms with E-state index in [9.17, 15) is 10.1 Å². The van der Waals surface area contributed by atoms with Crippen LogP contribution < -0.4 is 14.5 Å². The van der Waals surface area contributed by atoms with Crippen molar-refractivity contribution in [1.82, 2.24) is 10.1 Å². The van der Waals surface area contributed by atoms with Crippen LogP contribution in [0.5, 0.6) is 5.75 Å².